The Bertz CT molecular complexity index is 700. The number of halogens is 2. The largest absolute Gasteiger partial charge is 0.326 e. The standard InChI is InChI=1S/C15H16F2N4O2/c1-2-14(22)19-11-5-3-4-10(6-11)15(23)20-12-7-18-21(8-12)9-13(16)17/h3-8,13H,2,9H2,1H3,(H,19,22)(H,20,23). The molecule has 6 nitrogen and oxygen atoms in total. The minimum Gasteiger partial charge on any atom is -0.326 e. The van der Waals surface area contributed by atoms with Crippen molar-refractivity contribution in [3.05, 3.63) is 42.2 Å². The molecule has 0 aliphatic heterocycles. The lowest BCUT2D eigenvalue weighted by Gasteiger charge is -2.06. The first-order valence-corrected chi connectivity index (χ1v) is 6.99. The lowest BCUT2D eigenvalue weighted by atomic mass is 10.2. The summed E-state index contributed by atoms with van der Waals surface area (Å²) in [4.78, 5) is 23.5. The Labute approximate surface area is 131 Å². The van der Waals surface area contributed by atoms with E-state index in [9.17, 15) is 18.4 Å². The number of benzene rings is 1. The summed E-state index contributed by atoms with van der Waals surface area (Å²) in [6.07, 6.45) is 0.437. The molecule has 23 heavy (non-hydrogen) atoms. The van der Waals surface area contributed by atoms with Gasteiger partial charge < -0.3 is 10.6 Å². The van der Waals surface area contributed by atoms with Crippen molar-refractivity contribution in [2.45, 2.75) is 26.3 Å². The van der Waals surface area contributed by atoms with Gasteiger partial charge in [-0.1, -0.05) is 13.0 Å². The minimum absolute atomic E-state index is 0.157. The molecule has 1 aromatic carbocycles. The van der Waals surface area contributed by atoms with E-state index in [1.807, 2.05) is 0 Å². The van der Waals surface area contributed by atoms with Crippen LogP contribution in [0.15, 0.2) is 36.7 Å². The number of amides is 2. The van der Waals surface area contributed by atoms with Crippen LogP contribution in [-0.4, -0.2) is 28.0 Å². The Morgan fingerprint density at radius 2 is 2.04 bits per heavy atom. The fraction of sp³-hybridized carbons (Fsp3) is 0.267. The molecule has 2 aromatic rings. The third kappa shape index (κ3) is 4.87. The highest BCUT2D eigenvalue weighted by Crippen LogP contribution is 2.14. The highest BCUT2D eigenvalue weighted by molar-refractivity contribution is 6.05. The molecule has 0 aliphatic rings. The molecule has 0 atom stereocenters. The van der Waals surface area contributed by atoms with E-state index in [0.717, 1.165) is 4.68 Å². The predicted molar refractivity (Wildman–Crippen MR) is 81.5 cm³/mol. The summed E-state index contributed by atoms with van der Waals surface area (Å²) in [5.74, 6) is -0.579. The molecule has 0 unspecified atom stereocenters. The number of alkyl halides is 2. The van der Waals surface area contributed by atoms with Crippen LogP contribution in [-0.2, 0) is 11.3 Å². The zero-order valence-electron chi connectivity index (χ0n) is 12.4. The second-order valence-electron chi connectivity index (χ2n) is 4.78. The van der Waals surface area contributed by atoms with Crippen molar-refractivity contribution in [3.8, 4) is 0 Å². The first-order chi connectivity index (χ1) is 11.0. The molecule has 0 saturated carbocycles. The Morgan fingerprint density at radius 3 is 2.74 bits per heavy atom. The average molecular weight is 322 g/mol. The highest BCUT2D eigenvalue weighted by Gasteiger charge is 2.10. The molecule has 2 rings (SSSR count). The second kappa shape index (κ2) is 7.48. The van der Waals surface area contributed by atoms with Gasteiger partial charge in [0, 0.05) is 23.9 Å². The van der Waals surface area contributed by atoms with Crippen molar-refractivity contribution in [1.82, 2.24) is 9.78 Å². The van der Waals surface area contributed by atoms with Crippen LogP contribution >= 0.6 is 0 Å². The summed E-state index contributed by atoms with van der Waals surface area (Å²) in [6, 6.07) is 6.43. The Morgan fingerprint density at radius 1 is 1.26 bits per heavy atom. The van der Waals surface area contributed by atoms with Crippen LogP contribution in [0.25, 0.3) is 0 Å². The van der Waals surface area contributed by atoms with Gasteiger partial charge in [0.05, 0.1) is 11.9 Å². The highest BCUT2D eigenvalue weighted by atomic mass is 19.3. The molecule has 2 N–H and O–H groups in total. The number of hydrogen-bond donors (Lipinski definition) is 2. The van der Waals surface area contributed by atoms with Crippen LogP contribution in [0.5, 0.6) is 0 Å². The van der Waals surface area contributed by atoms with Gasteiger partial charge >= 0.3 is 0 Å². The number of nitrogens with one attached hydrogen (secondary N) is 2. The van der Waals surface area contributed by atoms with E-state index in [0.29, 0.717) is 23.4 Å². The van der Waals surface area contributed by atoms with E-state index in [2.05, 4.69) is 15.7 Å². The zero-order chi connectivity index (χ0) is 16.8. The van der Waals surface area contributed by atoms with Gasteiger partial charge in [-0.05, 0) is 18.2 Å². The SMILES string of the molecule is CCC(=O)Nc1cccc(C(=O)Nc2cnn(CC(F)F)c2)c1. The first kappa shape index (κ1) is 16.6. The molecule has 122 valence electrons. The van der Waals surface area contributed by atoms with E-state index in [-0.39, 0.29) is 5.91 Å². The van der Waals surface area contributed by atoms with Crippen LogP contribution in [0.4, 0.5) is 20.2 Å². The molecule has 0 radical (unpaired) electrons. The van der Waals surface area contributed by atoms with Crippen LogP contribution < -0.4 is 10.6 Å². The second-order valence-corrected chi connectivity index (χ2v) is 4.78. The maximum absolute atomic E-state index is 12.3. The number of anilines is 2. The Hall–Kier alpha value is -2.77. The zero-order valence-corrected chi connectivity index (χ0v) is 12.4. The van der Waals surface area contributed by atoms with E-state index in [1.165, 1.54) is 18.5 Å². The summed E-state index contributed by atoms with van der Waals surface area (Å²) in [5.41, 5.74) is 1.16. The van der Waals surface area contributed by atoms with E-state index < -0.39 is 18.9 Å². The predicted octanol–water partition coefficient (Wildman–Crippen LogP) is 2.75. The normalized spacial score (nSPS) is 10.6. The molecular weight excluding hydrogens is 306 g/mol. The monoisotopic (exact) mass is 322 g/mol. The van der Waals surface area contributed by atoms with E-state index in [4.69, 9.17) is 0 Å². The molecule has 8 heteroatoms. The van der Waals surface area contributed by atoms with Gasteiger partial charge in [0.1, 0.15) is 6.54 Å². The van der Waals surface area contributed by atoms with Crippen molar-refractivity contribution in [3.63, 3.8) is 0 Å². The van der Waals surface area contributed by atoms with Crippen molar-refractivity contribution in [2.24, 2.45) is 0 Å². The molecule has 0 fully saturated rings. The smallest absolute Gasteiger partial charge is 0.257 e. The summed E-state index contributed by atoms with van der Waals surface area (Å²) >= 11 is 0. The number of carbonyl (C=O) groups excluding carboxylic acids is 2. The molecule has 1 aromatic heterocycles. The van der Waals surface area contributed by atoms with Gasteiger partial charge in [-0.3, -0.25) is 14.3 Å². The van der Waals surface area contributed by atoms with Gasteiger partial charge in [0.15, 0.2) is 0 Å². The van der Waals surface area contributed by atoms with Crippen molar-refractivity contribution in [2.75, 3.05) is 10.6 Å². The fourth-order valence-electron chi connectivity index (χ4n) is 1.86. The summed E-state index contributed by atoms with van der Waals surface area (Å²) in [7, 11) is 0. The van der Waals surface area contributed by atoms with Gasteiger partial charge in [0.2, 0.25) is 5.91 Å². The molecule has 0 aliphatic carbocycles. The third-order valence-corrected chi connectivity index (χ3v) is 2.95. The van der Waals surface area contributed by atoms with Crippen molar-refractivity contribution >= 4 is 23.2 Å². The number of rotatable bonds is 6. The van der Waals surface area contributed by atoms with Crippen LogP contribution in [0.3, 0.4) is 0 Å². The third-order valence-electron chi connectivity index (χ3n) is 2.95. The van der Waals surface area contributed by atoms with Crippen molar-refractivity contribution < 1.29 is 18.4 Å². The molecule has 0 saturated heterocycles. The fourth-order valence-corrected chi connectivity index (χ4v) is 1.86. The number of carbonyl (C=O) groups is 2. The van der Waals surface area contributed by atoms with Gasteiger partial charge in [-0.15, -0.1) is 0 Å². The Kier molecular flexibility index (Phi) is 5.40. The Balaban J connectivity index is 2.04. The van der Waals surface area contributed by atoms with Gasteiger partial charge in [-0.25, -0.2) is 8.78 Å². The molecule has 0 bridgehead atoms. The first-order valence-electron chi connectivity index (χ1n) is 6.99. The van der Waals surface area contributed by atoms with Gasteiger partial charge in [-0.2, -0.15) is 5.10 Å². The van der Waals surface area contributed by atoms with Crippen LogP contribution in [0, 0.1) is 0 Å². The lowest BCUT2D eigenvalue weighted by molar-refractivity contribution is -0.115. The molecular formula is C15H16F2N4O2. The number of nitrogens with zero attached hydrogens (tertiary/aromatic N) is 2. The topological polar surface area (TPSA) is 76.0 Å². The van der Waals surface area contributed by atoms with Crippen molar-refractivity contribution in [1.29, 1.82) is 0 Å². The molecule has 1 heterocycles. The summed E-state index contributed by atoms with van der Waals surface area (Å²) in [6.45, 7) is 1.19. The quantitative estimate of drug-likeness (QED) is 0.858. The maximum Gasteiger partial charge on any atom is 0.257 e. The van der Waals surface area contributed by atoms with Crippen LogP contribution in [0.2, 0.25) is 0 Å². The number of aromatic nitrogens is 2. The van der Waals surface area contributed by atoms with Gasteiger partial charge in [0.25, 0.3) is 12.3 Å². The number of hydrogen-bond acceptors (Lipinski definition) is 3. The maximum atomic E-state index is 12.3. The molecule has 0 spiro atoms. The van der Waals surface area contributed by atoms with Crippen LogP contribution in [0.1, 0.15) is 23.7 Å². The molecule has 2 amide bonds. The van der Waals surface area contributed by atoms with E-state index >= 15 is 0 Å². The lowest BCUT2D eigenvalue weighted by Crippen LogP contribution is -2.13. The summed E-state index contributed by atoms with van der Waals surface area (Å²) in [5, 5.41) is 8.96. The average Bonchev–Trinajstić information content (AvgIpc) is 2.93. The summed E-state index contributed by atoms with van der Waals surface area (Å²) < 4.78 is 25.6. The minimum atomic E-state index is -2.52. The van der Waals surface area contributed by atoms with E-state index in [1.54, 1.807) is 25.1 Å².